The standard InChI is InChI=1S/C12H15ClN2O4S/c1-19-11-5-3-2-4-9(11)14-12(16)15-10-7-20(17,18)6-8(10)13/h2-5,8,10H,6-7H2,1H3,(H2,14,15,16)/t8-,10-/m0/s1. The van der Waals surface area contributed by atoms with Crippen LogP contribution in [0.4, 0.5) is 10.5 Å². The highest BCUT2D eigenvalue weighted by atomic mass is 35.5. The van der Waals surface area contributed by atoms with E-state index in [-0.39, 0.29) is 11.5 Å². The van der Waals surface area contributed by atoms with Crippen LogP contribution in [0.2, 0.25) is 0 Å². The summed E-state index contributed by atoms with van der Waals surface area (Å²) in [6, 6.07) is 5.82. The first-order chi connectivity index (χ1) is 9.41. The molecular formula is C12H15ClN2O4S. The number of ether oxygens (including phenoxy) is 1. The first-order valence-electron chi connectivity index (χ1n) is 5.96. The van der Waals surface area contributed by atoms with E-state index in [4.69, 9.17) is 16.3 Å². The molecule has 1 heterocycles. The lowest BCUT2D eigenvalue weighted by Crippen LogP contribution is -2.42. The number of anilines is 1. The number of hydrogen-bond donors (Lipinski definition) is 2. The molecule has 1 aliphatic rings. The van der Waals surface area contributed by atoms with Gasteiger partial charge in [0.2, 0.25) is 0 Å². The van der Waals surface area contributed by atoms with Crippen LogP contribution in [0.1, 0.15) is 0 Å². The topological polar surface area (TPSA) is 84.5 Å². The molecule has 0 aromatic heterocycles. The Kier molecular flexibility index (Phi) is 4.39. The van der Waals surface area contributed by atoms with Crippen LogP contribution < -0.4 is 15.4 Å². The van der Waals surface area contributed by atoms with Crippen molar-refractivity contribution in [3.8, 4) is 5.75 Å². The smallest absolute Gasteiger partial charge is 0.319 e. The zero-order chi connectivity index (χ0) is 14.8. The van der Waals surface area contributed by atoms with Crippen LogP contribution in [0.15, 0.2) is 24.3 Å². The molecule has 1 aliphatic heterocycles. The van der Waals surface area contributed by atoms with Gasteiger partial charge in [-0.15, -0.1) is 11.6 Å². The van der Waals surface area contributed by atoms with E-state index in [0.717, 1.165) is 0 Å². The van der Waals surface area contributed by atoms with Gasteiger partial charge in [0.05, 0.1) is 35.7 Å². The Morgan fingerprint density at radius 1 is 1.35 bits per heavy atom. The quantitative estimate of drug-likeness (QED) is 0.821. The molecule has 2 N–H and O–H groups in total. The van der Waals surface area contributed by atoms with Gasteiger partial charge in [-0.25, -0.2) is 13.2 Å². The van der Waals surface area contributed by atoms with Crippen LogP contribution in [0, 0.1) is 0 Å². The molecule has 0 aliphatic carbocycles. The maximum atomic E-state index is 11.9. The molecule has 0 spiro atoms. The second-order valence-corrected chi connectivity index (χ2v) is 7.21. The van der Waals surface area contributed by atoms with E-state index in [0.29, 0.717) is 11.4 Å². The molecule has 1 fully saturated rings. The summed E-state index contributed by atoms with van der Waals surface area (Å²) in [4.78, 5) is 11.9. The van der Waals surface area contributed by atoms with E-state index in [1.165, 1.54) is 7.11 Å². The molecule has 1 aromatic rings. The number of rotatable bonds is 3. The fourth-order valence-corrected chi connectivity index (χ4v) is 4.56. The number of urea groups is 1. The minimum absolute atomic E-state index is 0.117. The Morgan fingerprint density at radius 2 is 2.05 bits per heavy atom. The summed E-state index contributed by atoms with van der Waals surface area (Å²) < 4.78 is 27.9. The van der Waals surface area contributed by atoms with E-state index < -0.39 is 27.3 Å². The first-order valence-corrected chi connectivity index (χ1v) is 8.22. The Balaban J connectivity index is 2.00. The maximum Gasteiger partial charge on any atom is 0.319 e. The molecule has 0 bridgehead atoms. The summed E-state index contributed by atoms with van der Waals surface area (Å²) in [5.74, 6) is 0.262. The van der Waals surface area contributed by atoms with Crippen molar-refractivity contribution in [1.29, 1.82) is 0 Å². The van der Waals surface area contributed by atoms with Gasteiger partial charge in [-0.2, -0.15) is 0 Å². The van der Waals surface area contributed by atoms with E-state index in [1.807, 2.05) is 0 Å². The van der Waals surface area contributed by atoms with Crippen molar-refractivity contribution in [3.63, 3.8) is 0 Å². The van der Waals surface area contributed by atoms with E-state index in [2.05, 4.69) is 10.6 Å². The zero-order valence-electron chi connectivity index (χ0n) is 10.8. The summed E-state index contributed by atoms with van der Waals surface area (Å²) in [6.07, 6.45) is 0. The van der Waals surface area contributed by atoms with Gasteiger partial charge in [-0.05, 0) is 12.1 Å². The molecule has 0 radical (unpaired) electrons. The summed E-state index contributed by atoms with van der Waals surface area (Å²) in [6.45, 7) is 0. The van der Waals surface area contributed by atoms with Crippen LogP contribution >= 0.6 is 11.6 Å². The van der Waals surface area contributed by atoms with Crippen molar-refractivity contribution in [3.05, 3.63) is 24.3 Å². The van der Waals surface area contributed by atoms with Crippen molar-refractivity contribution >= 4 is 33.2 Å². The Labute approximate surface area is 122 Å². The average molecular weight is 319 g/mol. The highest BCUT2D eigenvalue weighted by molar-refractivity contribution is 7.91. The lowest BCUT2D eigenvalue weighted by atomic mass is 10.2. The summed E-state index contributed by atoms with van der Waals surface area (Å²) in [5, 5.41) is 4.57. The number of amides is 2. The number of carbonyl (C=O) groups excluding carboxylic acids is 1. The normalized spacial score (nSPS) is 24.1. The second kappa shape index (κ2) is 5.88. The highest BCUT2D eigenvalue weighted by Gasteiger charge is 2.37. The lowest BCUT2D eigenvalue weighted by molar-refractivity contribution is 0.249. The third-order valence-electron chi connectivity index (χ3n) is 2.95. The van der Waals surface area contributed by atoms with Crippen LogP contribution in [-0.4, -0.2) is 44.5 Å². The van der Waals surface area contributed by atoms with Crippen LogP contribution in [0.25, 0.3) is 0 Å². The largest absolute Gasteiger partial charge is 0.495 e. The molecule has 1 aromatic carbocycles. The number of nitrogens with one attached hydrogen (secondary N) is 2. The molecule has 0 saturated carbocycles. The molecule has 20 heavy (non-hydrogen) atoms. The van der Waals surface area contributed by atoms with Gasteiger partial charge in [0.1, 0.15) is 5.75 Å². The SMILES string of the molecule is COc1ccccc1NC(=O)N[C@H]1CS(=O)(=O)C[C@@H]1Cl. The van der Waals surface area contributed by atoms with Gasteiger partial charge in [0, 0.05) is 0 Å². The number of hydrogen-bond acceptors (Lipinski definition) is 4. The number of sulfone groups is 1. The predicted molar refractivity (Wildman–Crippen MR) is 77.2 cm³/mol. The Bertz CT molecular complexity index is 605. The van der Waals surface area contributed by atoms with Gasteiger partial charge in [-0.3, -0.25) is 0 Å². The molecule has 110 valence electrons. The van der Waals surface area contributed by atoms with Gasteiger partial charge >= 0.3 is 6.03 Å². The first kappa shape index (κ1) is 14.9. The molecule has 1 saturated heterocycles. The van der Waals surface area contributed by atoms with Crippen LogP contribution in [0.3, 0.4) is 0 Å². The number of alkyl halides is 1. The second-order valence-electron chi connectivity index (χ2n) is 4.50. The number of halogens is 1. The Morgan fingerprint density at radius 3 is 2.65 bits per heavy atom. The van der Waals surface area contributed by atoms with Crippen molar-refractivity contribution in [2.45, 2.75) is 11.4 Å². The third kappa shape index (κ3) is 3.55. The average Bonchev–Trinajstić information content (AvgIpc) is 2.62. The minimum atomic E-state index is -3.18. The number of benzene rings is 1. The summed E-state index contributed by atoms with van der Waals surface area (Å²) in [5.41, 5.74) is 0.500. The molecule has 2 rings (SSSR count). The van der Waals surface area contributed by atoms with Crippen molar-refractivity contribution in [2.75, 3.05) is 23.9 Å². The van der Waals surface area contributed by atoms with Gasteiger partial charge in [0.15, 0.2) is 9.84 Å². The minimum Gasteiger partial charge on any atom is -0.495 e. The monoisotopic (exact) mass is 318 g/mol. The van der Waals surface area contributed by atoms with Crippen molar-refractivity contribution in [1.82, 2.24) is 5.32 Å². The summed E-state index contributed by atoms with van der Waals surface area (Å²) >= 11 is 5.92. The highest BCUT2D eigenvalue weighted by Crippen LogP contribution is 2.23. The van der Waals surface area contributed by atoms with E-state index >= 15 is 0 Å². The van der Waals surface area contributed by atoms with Crippen LogP contribution in [0.5, 0.6) is 5.75 Å². The third-order valence-corrected chi connectivity index (χ3v) is 5.33. The van der Waals surface area contributed by atoms with Gasteiger partial charge in [-0.1, -0.05) is 12.1 Å². The predicted octanol–water partition coefficient (Wildman–Crippen LogP) is 1.22. The number of para-hydroxylation sites is 2. The number of carbonyl (C=O) groups is 1. The summed E-state index contributed by atoms with van der Waals surface area (Å²) in [7, 11) is -1.68. The lowest BCUT2D eigenvalue weighted by Gasteiger charge is -2.16. The number of methoxy groups -OCH3 is 1. The van der Waals surface area contributed by atoms with Gasteiger partial charge in [0.25, 0.3) is 0 Å². The molecule has 2 amide bonds. The van der Waals surface area contributed by atoms with E-state index in [1.54, 1.807) is 24.3 Å². The fourth-order valence-electron chi connectivity index (χ4n) is 2.01. The Hall–Kier alpha value is -1.47. The molecule has 0 unspecified atom stereocenters. The molecular weight excluding hydrogens is 304 g/mol. The zero-order valence-corrected chi connectivity index (χ0v) is 12.4. The van der Waals surface area contributed by atoms with Gasteiger partial charge < -0.3 is 15.4 Å². The molecule has 2 atom stereocenters. The van der Waals surface area contributed by atoms with Crippen LogP contribution in [-0.2, 0) is 9.84 Å². The molecule has 8 heteroatoms. The van der Waals surface area contributed by atoms with Crippen molar-refractivity contribution < 1.29 is 17.9 Å². The maximum absolute atomic E-state index is 11.9. The van der Waals surface area contributed by atoms with Crippen molar-refractivity contribution in [2.24, 2.45) is 0 Å². The molecule has 6 nitrogen and oxygen atoms in total. The fraction of sp³-hybridized carbons (Fsp3) is 0.417. The van der Waals surface area contributed by atoms with E-state index in [9.17, 15) is 13.2 Å².